The number of hydrogen-bond acceptors (Lipinski definition) is 3. The molecular weight excluding hydrogens is 277 g/mol. The normalized spacial score (nSPS) is 20.6. The van der Waals surface area contributed by atoms with Crippen molar-refractivity contribution in [1.29, 1.82) is 0 Å². The molecule has 0 aromatic rings. The van der Waals surface area contributed by atoms with Gasteiger partial charge in [-0.2, -0.15) is 13.2 Å². The fourth-order valence-electron chi connectivity index (χ4n) is 1.92. The van der Waals surface area contributed by atoms with Crippen molar-refractivity contribution in [2.75, 3.05) is 19.6 Å². The summed E-state index contributed by atoms with van der Waals surface area (Å²) in [7, 11) is 0. The van der Waals surface area contributed by atoms with Crippen molar-refractivity contribution in [3.63, 3.8) is 0 Å². The van der Waals surface area contributed by atoms with Gasteiger partial charge in [-0.15, -0.1) is 0 Å². The second kappa shape index (κ2) is 5.99. The Morgan fingerprint density at radius 1 is 1.30 bits per heavy atom. The van der Waals surface area contributed by atoms with E-state index in [4.69, 9.17) is 5.11 Å². The Bertz CT molecular complexity index is 379. The number of nitrogens with one attached hydrogen (secondary N) is 1. The molecule has 5 nitrogen and oxygen atoms in total. The summed E-state index contributed by atoms with van der Waals surface area (Å²) in [5, 5.41) is 10.5. The number of carbonyl (C=O) groups is 2. The van der Waals surface area contributed by atoms with E-state index < -0.39 is 30.1 Å². The minimum absolute atomic E-state index is 0.492. The van der Waals surface area contributed by atoms with E-state index in [0.29, 0.717) is 25.9 Å². The second-order valence-electron chi connectivity index (χ2n) is 5.34. The fraction of sp³-hybridized carbons (Fsp3) is 0.833. The van der Waals surface area contributed by atoms with Crippen LogP contribution in [0.3, 0.4) is 0 Å². The molecule has 0 aliphatic carbocycles. The van der Waals surface area contributed by atoms with Crippen LogP contribution in [-0.2, 0) is 9.59 Å². The Balaban J connectivity index is 2.60. The molecule has 0 saturated carbocycles. The van der Waals surface area contributed by atoms with Gasteiger partial charge in [0, 0.05) is 13.1 Å². The molecule has 1 aliphatic rings. The number of likely N-dealkylation sites (tertiary alicyclic amines) is 1. The zero-order valence-corrected chi connectivity index (χ0v) is 11.5. The third-order valence-corrected chi connectivity index (χ3v) is 3.72. The Hall–Kier alpha value is -1.31. The summed E-state index contributed by atoms with van der Waals surface area (Å²) in [6, 6.07) is 0. The maximum Gasteiger partial charge on any atom is 0.417 e. The van der Waals surface area contributed by atoms with Gasteiger partial charge in [0.25, 0.3) is 0 Å². The topological polar surface area (TPSA) is 69.6 Å². The average Bonchev–Trinajstić information content (AvgIpc) is 2.34. The first-order valence-corrected chi connectivity index (χ1v) is 6.41. The van der Waals surface area contributed by atoms with Crippen LogP contribution in [0, 0.1) is 5.92 Å². The summed E-state index contributed by atoms with van der Waals surface area (Å²) in [5.74, 6) is -2.06. The highest BCUT2D eigenvalue weighted by Gasteiger charge is 2.57. The molecule has 1 rings (SSSR count). The molecule has 2 N–H and O–H groups in total. The van der Waals surface area contributed by atoms with Crippen LogP contribution in [-0.4, -0.2) is 53.2 Å². The van der Waals surface area contributed by atoms with Crippen molar-refractivity contribution in [1.82, 2.24) is 10.2 Å². The van der Waals surface area contributed by atoms with Gasteiger partial charge >= 0.3 is 12.1 Å². The number of aliphatic carboxylic acids is 1. The summed E-state index contributed by atoms with van der Waals surface area (Å²) in [6.07, 6.45) is -3.36. The van der Waals surface area contributed by atoms with E-state index in [-0.39, 0.29) is 0 Å². The van der Waals surface area contributed by atoms with E-state index in [9.17, 15) is 22.8 Å². The van der Waals surface area contributed by atoms with Crippen LogP contribution in [0.4, 0.5) is 13.2 Å². The van der Waals surface area contributed by atoms with Gasteiger partial charge in [0.15, 0.2) is 0 Å². The van der Waals surface area contributed by atoms with Crippen molar-refractivity contribution >= 4 is 11.9 Å². The first-order valence-electron chi connectivity index (χ1n) is 6.41. The summed E-state index contributed by atoms with van der Waals surface area (Å²) in [4.78, 5) is 24.1. The van der Waals surface area contributed by atoms with E-state index in [1.54, 1.807) is 0 Å². The molecule has 0 aromatic heterocycles. The molecule has 1 amide bonds. The first-order chi connectivity index (χ1) is 9.08. The summed E-state index contributed by atoms with van der Waals surface area (Å²) in [6.45, 7) is 2.91. The standard InChI is InChI=1S/C12H19F3N2O3/c1-8-3-5-17(6-4-8)9(18)7-16-11(2,10(19)20)12(13,14)15/h8,16H,3-7H2,1-2H3,(H,19,20). The van der Waals surface area contributed by atoms with Crippen molar-refractivity contribution in [3.8, 4) is 0 Å². The highest BCUT2D eigenvalue weighted by atomic mass is 19.4. The van der Waals surface area contributed by atoms with Gasteiger partial charge in [-0.1, -0.05) is 6.92 Å². The van der Waals surface area contributed by atoms with E-state index in [1.165, 1.54) is 4.90 Å². The maximum absolute atomic E-state index is 12.7. The van der Waals surface area contributed by atoms with Gasteiger partial charge in [-0.25, -0.2) is 4.79 Å². The molecule has 0 radical (unpaired) electrons. The molecule has 0 spiro atoms. The molecule has 1 unspecified atom stereocenters. The number of amides is 1. The second-order valence-corrected chi connectivity index (χ2v) is 5.34. The Morgan fingerprint density at radius 2 is 1.80 bits per heavy atom. The number of halogens is 3. The number of hydrogen-bond donors (Lipinski definition) is 2. The van der Waals surface area contributed by atoms with E-state index >= 15 is 0 Å². The minimum atomic E-state index is -4.98. The monoisotopic (exact) mass is 296 g/mol. The molecule has 0 bridgehead atoms. The van der Waals surface area contributed by atoms with Crippen LogP contribution < -0.4 is 5.32 Å². The molecule has 1 atom stereocenters. The summed E-state index contributed by atoms with van der Waals surface area (Å²) in [5.41, 5.74) is -3.12. The number of rotatable bonds is 4. The summed E-state index contributed by atoms with van der Waals surface area (Å²) >= 11 is 0. The number of alkyl halides is 3. The lowest BCUT2D eigenvalue weighted by Crippen LogP contribution is -2.62. The first kappa shape index (κ1) is 16.7. The molecule has 1 fully saturated rings. The highest BCUT2D eigenvalue weighted by Crippen LogP contribution is 2.30. The predicted octanol–water partition coefficient (Wildman–Crippen LogP) is 1.24. The van der Waals surface area contributed by atoms with Gasteiger partial charge < -0.3 is 10.0 Å². The van der Waals surface area contributed by atoms with Crippen LogP contribution in [0.25, 0.3) is 0 Å². The highest BCUT2D eigenvalue weighted by molar-refractivity contribution is 5.82. The smallest absolute Gasteiger partial charge is 0.417 e. The summed E-state index contributed by atoms with van der Waals surface area (Å²) < 4.78 is 38.2. The Kier molecular flexibility index (Phi) is 5.01. The number of carbonyl (C=O) groups excluding carboxylic acids is 1. The maximum atomic E-state index is 12.7. The predicted molar refractivity (Wildman–Crippen MR) is 65.1 cm³/mol. The van der Waals surface area contributed by atoms with E-state index in [0.717, 1.165) is 12.8 Å². The van der Waals surface area contributed by atoms with Gasteiger partial charge in [-0.05, 0) is 25.7 Å². The molecular formula is C12H19F3N2O3. The lowest BCUT2D eigenvalue weighted by molar-refractivity contribution is -0.205. The molecule has 1 heterocycles. The fourth-order valence-corrected chi connectivity index (χ4v) is 1.92. The molecule has 1 aliphatic heterocycles. The largest absolute Gasteiger partial charge is 0.480 e. The molecule has 20 heavy (non-hydrogen) atoms. The van der Waals surface area contributed by atoms with Gasteiger partial charge in [-0.3, -0.25) is 10.1 Å². The van der Waals surface area contributed by atoms with E-state index in [1.807, 2.05) is 12.2 Å². The molecule has 116 valence electrons. The number of piperidine rings is 1. The number of nitrogens with zero attached hydrogens (tertiary/aromatic N) is 1. The van der Waals surface area contributed by atoms with Gasteiger partial charge in [0.1, 0.15) is 0 Å². The van der Waals surface area contributed by atoms with Crippen molar-refractivity contribution < 1.29 is 27.9 Å². The van der Waals surface area contributed by atoms with Crippen LogP contribution in [0.5, 0.6) is 0 Å². The zero-order valence-electron chi connectivity index (χ0n) is 11.5. The minimum Gasteiger partial charge on any atom is -0.480 e. The van der Waals surface area contributed by atoms with Crippen molar-refractivity contribution in [2.24, 2.45) is 5.92 Å². The average molecular weight is 296 g/mol. The van der Waals surface area contributed by atoms with Crippen molar-refractivity contribution in [2.45, 2.75) is 38.4 Å². The molecule has 8 heteroatoms. The van der Waals surface area contributed by atoms with Gasteiger partial charge in [0.05, 0.1) is 6.54 Å². The van der Waals surface area contributed by atoms with Crippen LogP contribution >= 0.6 is 0 Å². The van der Waals surface area contributed by atoms with E-state index in [2.05, 4.69) is 0 Å². The Labute approximate surface area is 115 Å². The third kappa shape index (κ3) is 3.62. The third-order valence-electron chi connectivity index (χ3n) is 3.72. The van der Waals surface area contributed by atoms with Crippen LogP contribution in [0.2, 0.25) is 0 Å². The van der Waals surface area contributed by atoms with Crippen molar-refractivity contribution in [3.05, 3.63) is 0 Å². The van der Waals surface area contributed by atoms with Crippen LogP contribution in [0.1, 0.15) is 26.7 Å². The number of carboxylic acids is 1. The lowest BCUT2D eigenvalue weighted by atomic mass is 9.99. The molecule has 0 aromatic carbocycles. The number of carboxylic acid groups (broad SMARTS) is 1. The zero-order chi connectivity index (χ0) is 15.6. The van der Waals surface area contributed by atoms with Gasteiger partial charge in [0.2, 0.25) is 11.4 Å². The molecule has 1 saturated heterocycles. The lowest BCUT2D eigenvalue weighted by Gasteiger charge is -2.33. The van der Waals surface area contributed by atoms with Crippen LogP contribution in [0.15, 0.2) is 0 Å². The Morgan fingerprint density at radius 3 is 2.20 bits per heavy atom. The SMILES string of the molecule is CC1CCN(C(=O)CNC(C)(C(=O)O)C(F)(F)F)CC1. The quantitative estimate of drug-likeness (QED) is 0.819.